The van der Waals surface area contributed by atoms with Gasteiger partial charge < -0.3 is 5.11 Å². The van der Waals surface area contributed by atoms with E-state index in [1.165, 1.54) is 5.01 Å². The van der Waals surface area contributed by atoms with E-state index in [0.717, 1.165) is 22.4 Å². The van der Waals surface area contributed by atoms with Crippen molar-refractivity contribution in [1.29, 1.82) is 0 Å². The van der Waals surface area contributed by atoms with Crippen LogP contribution in [0.5, 0.6) is 5.75 Å². The molecule has 3 rings (SSSR count). The summed E-state index contributed by atoms with van der Waals surface area (Å²) in [5.41, 5.74) is 3.55. The normalized spacial score (nSPS) is 14.2. The summed E-state index contributed by atoms with van der Waals surface area (Å²) < 4.78 is 0.635. The molecule has 24 heavy (non-hydrogen) atoms. The zero-order valence-corrected chi connectivity index (χ0v) is 16.7. The third-order valence-corrected chi connectivity index (χ3v) is 4.40. The maximum Gasteiger partial charge on any atom is 0.242 e. The van der Waals surface area contributed by atoms with Crippen molar-refractivity contribution in [1.82, 2.24) is 5.01 Å². The van der Waals surface area contributed by atoms with Gasteiger partial charge in [-0.3, -0.25) is 4.79 Å². The number of halogens is 1. The van der Waals surface area contributed by atoms with Crippen molar-refractivity contribution in [2.24, 2.45) is 5.10 Å². The van der Waals surface area contributed by atoms with Crippen molar-refractivity contribution in [3.8, 4) is 5.75 Å². The number of phenols is 1. The van der Waals surface area contributed by atoms with E-state index in [1.807, 2.05) is 43.3 Å². The number of nitrogens with zero attached hydrogens (tertiary/aromatic N) is 2. The molecule has 6 heteroatoms. The van der Waals surface area contributed by atoms with Crippen LogP contribution in [0.4, 0.5) is 0 Å². The molecule has 1 aliphatic heterocycles. The zero-order chi connectivity index (χ0) is 16.4. The largest absolute Gasteiger partial charge is 0.506 e. The number of hydrogen-bond acceptors (Lipinski definition) is 3. The number of amides is 1. The molecule has 2 aromatic carbocycles. The van der Waals surface area contributed by atoms with Crippen molar-refractivity contribution in [2.75, 3.05) is 0 Å². The van der Waals surface area contributed by atoms with Crippen LogP contribution in [0.15, 0.2) is 46.0 Å². The Kier molecular flexibility index (Phi) is 6.36. The van der Waals surface area contributed by atoms with E-state index in [9.17, 15) is 9.90 Å². The number of carbonyl (C=O) groups excluding carboxylic acids is 1. The van der Waals surface area contributed by atoms with Crippen LogP contribution in [0.25, 0.3) is 0 Å². The van der Waals surface area contributed by atoms with E-state index < -0.39 is 0 Å². The van der Waals surface area contributed by atoms with Crippen molar-refractivity contribution in [2.45, 2.75) is 26.3 Å². The minimum Gasteiger partial charge on any atom is -0.506 e. The van der Waals surface area contributed by atoms with E-state index in [-0.39, 0.29) is 32.7 Å². The Balaban J connectivity index is 0.00000208. The van der Waals surface area contributed by atoms with E-state index in [2.05, 4.69) is 27.1 Å². The van der Waals surface area contributed by atoms with Gasteiger partial charge in [-0.2, -0.15) is 35.4 Å². The molecule has 4 nitrogen and oxygen atoms in total. The van der Waals surface area contributed by atoms with Gasteiger partial charge in [-0.1, -0.05) is 0 Å². The van der Waals surface area contributed by atoms with Gasteiger partial charge >= 0.3 is 0 Å². The molecule has 0 saturated heterocycles. The molecule has 1 amide bonds. The summed E-state index contributed by atoms with van der Waals surface area (Å²) in [7, 11) is 0. The van der Waals surface area contributed by atoms with E-state index in [4.69, 9.17) is 0 Å². The van der Waals surface area contributed by atoms with Gasteiger partial charge in [0.15, 0.2) is 0 Å². The third-order valence-electron chi connectivity index (χ3n) is 3.80. The molecule has 0 radical (unpaired) electrons. The minimum atomic E-state index is 0. The second-order valence-electron chi connectivity index (χ2n) is 5.53. The second kappa shape index (κ2) is 8.08. The summed E-state index contributed by atoms with van der Waals surface area (Å²) in [5, 5.41) is 15.9. The molecule has 0 aromatic heterocycles. The first-order valence-corrected chi connectivity index (χ1v) is 8.16. The maximum atomic E-state index is 12.1. The quantitative estimate of drug-likeness (QED) is 0.551. The summed E-state index contributed by atoms with van der Waals surface area (Å²) in [6, 6.07) is 14.3. The number of carbonyl (C=O) groups is 1. The molecular formula is C18H16BrMoN2O2-. The van der Waals surface area contributed by atoms with Crippen molar-refractivity contribution < 1.29 is 31.0 Å². The van der Waals surface area contributed by atoms with Crippen LogP contribution in [0.1, 0.15) is 29.5 Å². The van der Waals surface area contributed by atoms with Gasteiger partial charge in [0.1, 0.15) is 5.75 Å². The van der Waals surface area contributed by atoms with Crippen LogP contribution in [0, 0.1) is 13.0 Å². The first kappa shape index (κ1) is 18.9. The van der Waals surface area contributed by atoms with Gasteiger partial charge in [0, 0.05) is 40.5 Å². The van der Waals surface area contributed by atoms with Gasteiger partial charge in [0.2, 0.25) is 5.91 Å². The van der Waals surface area contributed by atoms with Crippen LogP contribution in [-0.4, -0.2) is 21.7 Å². The van der Waals surface area contributed by atoms with Gasteiger partial charge in [-0.05, 0) is 46.1 Å². The Labute approximate surface area is 164 Å². The smallest absolute Gasteiger partial charge is 0.242 e. The molecule has 0 unspecified atom stereocenters. The van der Waals surface area contributed by atoms with Gasteiger partial charge in [0.25, 0.3) is 0 Å². The minimum absolute atomic E-state index is 0. The number of hydrogen-bond donors (Lipinski definition) is 1. The van der Waals surface area contributed by atoms with E-state index >= 15 is 0 Å². The van der Waals surface area contributed by atoms with Crippen LogP contribution >= 0.6 is 15.9 Å². The summed E-state index contributed by atoms with van der Waals surface area (Å²) in [4.78, 5) is 12.1. The summed E-state index contributed by atoms with van der Waals surface area (Å²) >= 11 is 3.35. The average Bonchev–Trinajstić information content (AvgIpc) is 2.55. The maximum absolute atomic E-state index is 12.1. The Morgan fingerprint density at radius 2 is 2.17 bits per heavy atom. The van der Waals surface area contributed by atoms with Gasteiger partial charge in [0.05, 0.1) is 10.2 Å². The molecule has 0 saturated carbocycles. The molecule has 0 atom stereocenters. The predicted molar refractivity (Wildman–Crippen MR) is 92.1 cm³/mol. The van der Waals surface area contributed by atoms with Gasteiger partial charge in [-0.25, -0.2) is 5.01 Å². The van der Waals surface area contributed by atoms with Crippen LogP contribution in [0.3, 0.4) is 0 Å². The summed E-state index contributed by atoms with van der Waals surface area (Å²) in [6.07, 6.45) is 1.04. The number of aryl methyl sites for hydroxylation is 1. The zero-order valence-electron chi connectivity index (χ0n) is 13.1. The fourth-order valence-electron chi connectivity index (χ4n) is 2.54. The Morgan fingerprint density at radius 3 is 2.83 bits per heavy atom. The molecule has 0 aliphatic carbocycles. The fourth-order valence-corrected chi connectivity index (χ4v) is 3.10. The molecule has 0 fully saturated rings. The monoisotopic (exact) mass is 469 g/mol. The molecular weight excluding hydrogens is 452 g/mol. The molecule has 1 heterocycles. The Hall–Kier alpha value is -1.45. The molecule has 1 N–H and O–H groups in total. The van der Waals surface area contributed by atoms with Crippen LogP contribution < -0.4 is 0 Å². The number of benzene rings is 2. The molecule has 0 spiro atoms. The van der Waals surface area contributed by atoms with Crippen LogP contribution in [0.2, 0.25) is 0 Å². The van der Waals surface area contributed by atoms with Crippen molar-refractivity contribution in [3.63, 3.8) is 0 Å². The second-order valence-corrected chi connectivity index (χ2v) is 6.39. The molecule has 0 bridgehead atoms. The fraction of sp³-hybridized carbons (Fsp3) is 0.222. The summed E-state index contributed by atoms with van der Waals surface area (Å²) in [5.74, 6) is 0.255. The summed E-state index contributed by atoms with van der Waals surface area (Å²) in [6.45, 7) is 2.29. The Morgan fingerprint density at radius 1 is 1.38 bits per heavy atom. The van der Waals surface area contributed by atoms with Gasteiger partial charge in [-0.15, -0.1) is 5.56 Å². The van der Waals surface area contributed by atoms with Crippen molar-refractivity contribution in [3.05, 3.63) is 63.6 Å². The van der Waals surface area contributed by atoms with Crippen LogP contribution in [-0.2, 0) is 32.4 Å². The number of rotatable bonds is 3. The number of hydrazone groups is 1. The number of phenolic OH excluding ortho intramolecular Hbond substituents is 1. The first-order chi connectivity index (χ1) is 11.0. The topological polar surface area (TPSA) is 52.9 Å². The molecule has 1 aliphatic rings. The standard InChI is InChI=1S/C18H16BrN2O2.Mo/c1-12-9-14(10-15(19)18(12)23)16-7-8-17(22)21(20-16)11-13-5-3-2-4-6-13;/h2-3,5-6,9-10,23H,7-8,11H2,1H3;/q-1;. The first-order valence-electron chi connectivity index (χ1n) is 7.37. The predicted octanol–water partition coefficient (Wildman–Crippen LogP) is 3.79. The van der Waals surface area contributed by atoms with Crippen molar-refractivity contribution >= 4 is 27.5 Å². The third kappa shape index (κ3) is 4.14. The van der Waals surface area contributed by atoms with E-state index in [0.29, 0.717) is 23.9 Å². The van der Waals surface area contributed by atoms with E-state index in [1.54, 1.807) is 0 Å². The Bertz CT molecular complexity index is 755. The number of aromatic hydroxyl groups is 1. The average molecular weight is 468 g/mol. The molecule has 2 aromatic rings. The molecule has 124 valence electrons. The SMILES string of the molecule is Cc1cc(C2=NN(Cc3c[c-]ccc3)C(=O)CC2)cc(Br)c1O.[Mo].